The fourth-order valence-electron chi connectivity index (χ4n) is 4.34. The summed E-state index contributed by atoms with van der Waals surface area (Å²) in [5.74, 6) is 1.40. The van der Waals surface area contributed by atoms with Crippen molar-refractivity contribution in [1.82, 2.24) is 4.90 Å². The fourth-order valence-corrected chi connectivity index (χ4v) is 4.34. The van der Waals surface area contributed by atoms with E-state index in [-0.39, 0.29) is 11.8 Å². The van der Waals surface area contributed by atoms with Gasteiger partial charge in [0.25, 0.3) is 0 Å². The summed E-state index contributed by atoms with van der Waals surface area (Å²) in [5.41, 5.74) is 1.48. The summed E-state index contributed by atoms with van der Waals surface area (Å²) in [6.45, 7) is 12.1. The quantitative estimate of drug-likeness (QED) is 0.755. The fraction of sp³-hybridized carbons (Fsp3) is 0.600. The lowest BCUT2D eigenvalue weighted by atomic mass is 9.69. The highest BCUT2D eigenvalue weighted by Gasteiger charge is 2.49. The van der Waals surface area contributed by atoms with E-state index in [9.17, 15) is 0 Å². The van der Waals surface area contributed by atoms with Gasteiger partial charge in [-0.15, -0.1) is 0 Å². The van der Waals surface area contributed by atoms with E-state index in [1.165, 1.54) is 24.8 Å². The topological polar surface area (TPSA) is 12.5 Å². The third-order valence-corrected chi connectivity index (χ3v) is 5.72. The molecule has 4 atom stereocenters. The highest BCUT2D eigenvalue weighted by atomic mass is 16.5. The van der Waals surface area contributed by atoms with E-state index in [2.05, 4.69) is 62.6 Å². The Morgan fingerprint density at radius 2 is 2.00 bits per heavy atom. The molecule has 0 amide bonds. The van der Waals surface area contributed by atoms with Crippen LogP contribution in [-0.2, 0) is 11.3 Å². The van der Waals surface area contributed by atoms with Gasteiger partial charge in [0.05, 0.1) is 6.10 Å². The number of hydrogen-bond acceptors (Lipinski definition) is 2. The number of fused-ring (bicyclic) bond motifs is 1. The SMILES string of the molecule is C=C[C@@H]1O[C@@H]2C[C@H](C)CC[C@H]2C(C)(C)N1Cc1ccccc1. The molecule has 0 unspecified atom stereocenters. The Morgan fingerprint density at radius 3 is 2.68 bits per heavy atom. The Balaban J connectivity index is 1.86. The maximum absolute atomic E-state index is 6.44. The van der Waals surface area contributed by atoms with Gasteiger partial charge < -0.3 is 4.74 Å². The lowest BCUT2D eigenvalue weighted by molar-refractivity contribution is -0.219. The Kier molecular flexibility index (Phi) is 4.42. The summed E-state index contributed by atoms with van der Waals surface area (Å²) in [7, 11) is 0. The molecule has 1 saturated heterocycles. The first-order valence-corrected chi connectivity index (χ1v) is 8.61. The predicted octanol–water partition coefficient (Wildman–Crippen LogP) is 4.61. The standard InChI is InChI=1S/C20H29NO/c1-5-19-21(14-16-9-7-6-8-10-16)20(3,4)17-12-11-15(2)13-18(17)22-19/h5-10,15,17-19H,1,11-14H2,2-4H3/t15-,17-,18-,19+/m1/s1. The first-order chi connectivity index (χ1) is 10.5. The van der Waals surface area contributed by atoms with Gasteiger partial charge in [0, 0.05) is 18.0 Å². The van der Waals surface area contributed by atoms with Gasteiger partial charge in [0.1, 0.15) is 6.23 Å². The van der Waals surface area contributed by atoms with Gasteiger partial charge in [-0.05, 0) is 44.2 Å². The first kappa shape index (κ1) is 15.8. The molecule has 2 heteroatoms. The number of nitrogens with zero attached hydrogens (tertiary/aromatic N) is 1. The van der Waals surface area contributed by atoms with Crippen LogP contribution in [0.25, 0.3) is 0 Å². The lowest BCUT2D eigenvalue weighted by Crippen LogP contribution is -2.63. The van der Waals surface area contributed by atoms with Gasteiger partial charge in [-0.3, -0.25) is 4.90 Å². The Labute approximate surface area is 135 Å². The van der Waals surface area contributed by atoms with Crippen LogP contribution < -0.4 is 0 Å². The van der Waals surface area contributed by atoms with Crippen LogP contribution in [0, 0.1) is 11.8 Å². The second-order valence-corrected chi connectivity index (χ2v) is 7.59. The Morgan fingerprint density at radius 1 is 1.27 bits per heavy atom. The monoisotopic (exact) mass is 299 g/mol. The van der Waals surface area contributed by atoms with Gasteiger partial charge in [0.2, 0.25) is 0 Å². The van der Waals surface area contributed by atoms with Crippen LogP contribution in [0.1, 0.15) is 45.6 Å². The van der Waals surface area contributed by atoms with Crippen molar-refractivity contribution >= 4 is 0 Å². The van der Waals surface area contributed by atoms with Crippen LogP contribution in [-0.4, -0.2) is 22.8 Å². The number of ether oxygens (including phenoxy) is 1. The Bertz CT molecular complexity index is 510. The second kappa shape index (κ2) is 6.17. The molecule has 2 nitrogen and oxygen atoms in total. The summed E-state index contributed by atoms with van der Waals surface area (Å²) in [6, 6.07) is 10.7. The van der Waals surface area contributed by atoms with Crippen LogP contribution in [0.3, 0.4) is 0 Å². The van der Waals surface area contributed by atoms with E-state index in [0.29, 0.717) is 12.0 Å². The van der Waals surface area contributed by atoms with Crippen molar-refractivity contribution in [1.29, 1.82) is 0 Å². The average molecular weight is 299 g/mol. The van der Waals surface area contributed by atoms with Crippen molar-refractivity contribution in [2.45, 2.75) is 64.4 Å². The molecule has 1 aliphatic heterocycles. The van der Waals surface area contributed by atoms with Crippen molar-refractivity contribution < 1.29 is 4.74 Å². The van der Waals surface area contributed by atoms with Crippen LogP contribution in [0.2, 0.25) is 0 Å². The zero-order valence-electron chi connectivity index (χ0n) is 14.2. The van der Waals surface area contributed by atoms with Gasteiger partial charge >= 0.3 is 0 Å². The molecule has 1 heterocycles. The molecule has 0 aromatic heterocycles. The summed E-state index contributed by atoms with van der Waals surface area (Å²) in [4.78, 5) is 2.49. The zero-order chi connectivity index (χ0) is 15.7. The molecular weight excluding hydrogens is 270 g/mol. The molecular formula is C20H29NO. The third kappa shape index (κ3) is 2.87. The summed E-state index contributed by atoms with van der Waals surface area (Å²) >= 11 is 0. The van der Waals surface area contributed by atoms with Crippen LogP contribution in [0.4, 0.5) is 0 Å². The highest BCUT2D eigenvalue weighted by Crippen LogP contribution is 2.45. The third-order valence-electron chi connectivity index (χ3n) is 5.72. The second-order valence-electron chi connectivity index (χ2n) is 7.59. The van der Waals surface area contributed by atoms with Crippen LogP contribution >= 0.6 is 0 Å². The molecule has 120 valence electrons. The molecule has 2 fully saturated rings. The average Bonchev–Trinajstić information content (AvgIpc) is 2.50. The van der Waals surface area contributed by atoms with E-state index >= 15 is 0 Å². The van der Waals surface area contributed by atoms with E-state index in [1.54, 1.807) is 0 Å². The Hall–Kier alpha value is -1.12. The molecule has 1 saturated carbocycles. The van der Waals surface area contributed by atoms with Crippen molar-refractivity contribution in [3.8, 4) is 0 Å². The van der Waals surface area contributed by atoms with E-state index < -0.39 is 0 Å². The number of rotatable bonds is 3. The zero-order valence-corrected chi connectivity index (χ0v) is 14.2. The van der Waals surface area contributed by atoms with E-state index in [0.717, 1.165) is 12.5 Å². The van der Waals surface area contributed by atoms with Gasteiger partial charge in [-0.25, -0.2) is 0 Å². The number of benzene rings is 1. The van der Waals surface area contributed by atoms with E-state index in [4.69, 9.17) is 4.74 Å². The highest BCUT2D eigenvalue weighted by molar-refractivity contribution is 5.16. The van der Waals surface area contributed by atoms with Gasteiger partial charge in [0.15, 0.2) is 0 Å². The minimum atomic E-state index is 0.0155. The molecule has 3 rings (SSSR count). The summed E-state index contributed by atoms with van der Waals surface area (Å²) in [6.07, 6.45) is 6.16. The molecule has 0 N–H and O–H groups in total. The molecule has 2 aliphatic rings. The largest absolute Gasteiger partial charge is 0.356 e. The van der Waals surface area contributed by atoms with Crippen molar-refractivity contribution in [3.63, 3.8) is 0 Å². The van der Waals surface area contributed by atoms with Gasteiger partial charge in [-0.1, -0.05) is 50.3 Å². The normalized spacial score (nSPS) is 34.9. The summed E-state index contributed by atoms with van der Waals surface area (Å²) < 4.78 is 6.44. The predicted molar refractivity (Wildman–Crippen MR) is 91.4 cm³/mol. The maximum Gasteiger partial charge on any atom is 0.130 e. The number of hydrogen-bond donors (Lipinski definition) is 0. The lowest BCUT2D eigenvalue weighted by Gasteiger charge is -2.56. The minimum absolute atomic E-state index is 0.0155. The smallest absolute Gasteiger partial charge is 0.130 e. The van der Waals surface area contributed by atoms with Gasteiger partial charge in [-0.2, -0.15) is 0 Å². The van der Waals surface area contributed by atoms with Crippen LogP contribution in [0.15, 0.2) is 43.0 Å². The molecule has 0 bridgehead atoms. The molecule has 0 spiro atoms. The van der Waals surface area contributed by atoms with Crippen molar-refractivity contribution in [2.24, 2.45) is 11.8 Å². The molecule has 22 heavy (non-hydrogen) atoms. The van der Waals surface area contributed by atoms with Crippen LogP contribution in [0.5, 0.6) is 0 Å². The van der Waals surface area contributed by atoms with E-state index in [1.807, 2.05) is 6.08 Å². The molecule has 1 aromatic rings. The van der Waals surface area contributed by atoms with Crippen molar-refractivity contribution in [2.75, 3.05) is 0 Å². The first-order valence-electron chi connectivity index (χ1n) is 8.61. The van der Waals surface area contributed by atoms with Crippen molar-refractivity contribution in [3.05, 3.63) is 48.6 Å². The molecule has 1 aliphatic carbocycles. The molecule has 1 aromatic carbocycles. The molecule has 0 radical (unpaired) electrons. The summed E-state index contributed by atoms with van der Waals surface area (Å²) in [5, 5.41) is 0. The minimum Gasteiger partial charge on any atom is -0.356 e. The maximum atomic E-state index is 6.44.